The van der Waals surface area contributed by atoms with Crippen molar-refractivity contribution in [3.8, 4) is 0 Å². The van der Waals surface area contributed by atoms with Crippen molar-refractivity contribution in [3.63, 3.8) is 0 Å². The largest absolute Gasteiger partial charge is 0.472 e. The number of hydrogen-bond donors (Lipinski definition) is 4. The van der Waals surface area contributed by atoms with Crippen molar-refractivity contribution in [3.05, 3.63) is 146 Å². The first kappa shape index (κ1) is 110. The van der Waals surface area contributed by atoms with E-state index in [9.17, 15) is 43.5 Å². The molecule has 0 saturated carbocycles. The van der Waals surface area contributed by atoms with Crippen LogP contribution in [0.25, 0.3) is 0 Å². The third kappa shape index (κ3) is 90.0. The second kappa shape index (κ2) is 88.7. The lowest BCUT2D eigenvalue weighted by Crippen LogP contribution is -2.30. The highest BCUT2D eigenvalue weighted by molar-refractivity contribution is 7.47. The summed E-state index contributed by atoms with van der Waals surface area (Å²) < 4.78 is 61.4. The van der Waals surface area contributed by atoms with Crippen LogP contribution in [0.1, 0.15) is 393 Å². The van der Waals surface area contributed by atoms with Gasteiger partial charge in [0.15, 0.2) is 6.10 Å². The highest BCUT2D eigenvalue weighted by Crippen LogP contribution is 2.45. The molecule has 0 radical (unpaired) electrons. The van der Waals surface area contributed by atoms with E-state index in [0.29, 0.717) is 19.3 Å². The summed E-state index contributed by atoms with van der Waals surface area (Å²) in [5.41, 5.74) is 0. The van der Waals surface area contributed by atoms with Gasteiger partial charge in [-0.05, 0) is 148 Å². The first-order chi connectivity index (χ1) is 56.2. The van der Waals surface area contributed by atoms with E-state index in [-0.39, 0.29) is 19.3 Å². The standard InChI is InChI=1S/C97H168O16P2/c1-4-7-10-13-16-19-22-25-28-31-34-36-38-40-41-42-43-44-45-46-47-48-49-51-53-54-57-59-62-65-68-71-74-77-80-83-95(100)107-86-92(98)87-109-114(103,104)110-88-93(99)89-111-115(105,106)112-91-94(113-97(102)85-82-79-76-73-70-67-64-61-56-33-30-27-24-21-18-15-12-9-6-3)90-108-96(101)84-81-78-75-72-69-66-63-60-58-55-52-50-39-37-35-32-29-26-23-20-17-14-11-8-5-2/h9,12,16-21,25-30,34-37,40-41,50,52,56,61,92-94,98-99H,4-8,10-11,13-15,22-24,31-33,38-39,42-49,51,53-55,57-60,62-91H2,1-3H3,(H,103,104)(H,105,106)/b12-9-,19-16-,20-17-,21-18-,28-25-,29-26-,30-27-,36-34-,37-35-,41-40-,52-50-,61-56-. The van der Waals surface area contributed by atoms with Gasteiger partial charge in [0, 0.05) is 19.3 Å². The number of aliphatic hydroxyl groups is 2. The van der Waals surface area contributed by atoms with Gasteiger partial charge in [-0.3, -0.25) is 32.5 Å². The molecule has 16 nitrogen and oxygen atoms in total. The Morgan fingerprint density at radius 2 is 0.461 bits per heavy atom. The van der Waals surface area contributed by atoms with E-state index in [2.05, 4.69) is 167 Å². The van der Waals surface area contributed by atoms with Gasteiger partial charge in [0.25, 0.3) is 0 Å². The number of allylic oxidation sites excluding steroid dienone is 24. The molecular formula is C97H168O16P2. The summed E-state index contributed by atoms with van der Waals surface area (Å²) in [6.07, 6.45) is 112. The van der Waals surface area contributed by atoms with Gasteiger partial charge in [0.05, 0.1) is 26.4 Å². The van der Waals surface area contributed by atoms with Crippen LogP contribution in [0.2, 0.25) is 0 Å². The van der Waals surface area contributed by atoms with Gasteiger partial charge < -0.3 is 34.2 Å². The predicted octanol–water partition coefficient (Wildman–Crippen LogP) is 28.3. The Bertz CT molecular complexity index is 2670. The number of hydrogen-bond acceptors (Lipinski definition) is 14. The van der Waals surface area contributed by atoms with Crippen LogP contribution >= 0.6 is 15.6 Å². The minimum Gasteiger partial charge on any atom is -0.463 e. The van der Waals surface area contributed by atoms with E-state index in [1.165, 1.54) is 180 Å². The number of rotatable bonds is 87. The Morgan fingerprint density at radius 1 is 0.252 bits per heavy atom. The van der Waals surface area contributed by atoms with Crippen LogP contribution in [0.15, 0.2) is 146 Å². The second-order valence-electron chi connectivity index (χ2n) is 30.7. The quantitative estimate of drug-likeness (QED) is 0.0146. The molecule has 662 valence electrons. The number of phosphoric acid groups is 2. The Kier molecular flexibility index (Phi) is 85.2. The number of ether oxygens (including phenoxy) is 3. The average molecular weight is 1650 g/mol. The molecule has 0 amide bonds. The molecule has 0 aromatic rings. The third-order valence-electron chi connectivity index (χ3n) is 19.5. The molecule has 4 N–H and O–H groups in total. The number of carbonyl (C=O) groups excluding carboxylic acids is 3. The Balaban J connectivity index is 4.50. The molecule has 0 fully saturated rings. The van der Waals surface area contributed by atoms with Crippen LogP contribution in [-0.4, -0.2) is 95.9 Å². The van der Waals surface area contributed by atoms with E-state index >= 15 is 0 Å². The second-order valence-corrected chi connectivity index (χ2v) is 33.6. The lowest BCUT2D eigenvalue weighted by Gasteiger charge is -2.21. The van der Waals surface area contributed by atoms with Crippen molar-refractivity contribution < 1.29 is 75.8 Å². The summed E-state index contributed by atoms with van der Waals surface area (Å²) in [7, 11) is -9.81. The van der Waals surface area contributed by atoms with Gasteiger partial charge in [-0.15, -0.1) is 0 Å². The normalized spacial score (nSPS) is 14.5. The summed E-state index contributed by atoms with van der Waals surface area (Å²) in [6.45, 7) is 2.54. The third-order valence-corrected chi connectivity index (χ3v) is 21.4. The van der Waals surface area contributed by atoms with Crippen molar-refractivity contribution in [1.29, 1.82) is 0 Å². The van der Waals surface area contributed by atoms with Crippen LogP contribution in [0, 0.1) is 0 Å². The number of unbranched alkanes of at least 4 members (excludes halogenated alkanes) is 40. The fourth-order valence-corrected chi connectivity index (χ4v) is 14.1. The topological polar surface area (TPSA) is 231 Å². The molecule has 115 heavy (non-hydrogen) atoms. The number of phosphoric ester groups is 2. The van der Waals surface area contributed by atoms with E-state index in [0.717, 1.165) is 154 Å². The molecule has 0 aliphatic rings. The van der Waals surface area contributed by atoms with Crippen molar-refractivity contribution in [1.82, 2.24) is 0 Å². The van der Waals surface area contributed by atoms with Gasteiger partial charge in [-0.1, -0.05) is 372 Å². The zero-order valence-corrected chi connectivity index (χ0v) is 74.7. The van der Waals surface area contributed by atoms with Gasteiger partial charge in [0.1, 0.15) is 25.4 Å². The van der Waals surface area contributed by atoms with E-state index in [1.807, 2.05) is 0 Å². The van der Waals surface area contributed by atoms with Crippen molar-refractivity contribution >= 4 is 33.6 Å². The zero-order chi connectivity index (χ0) is 83.6. The molecule has 0 aromatic carbocycles. The minimum absolute atomic E-state index is 0.0841. The maximum Gasteiger partial charge on any atom is 0.472 e. The lowest BCUT2D eigenvalue weighted by molar-refractivity contribution is -0.161. The Hall–Kier alpha value is -4.57. The Morgan fingerprint density at radius 3 is 0.730 bits per heavy atom. The molecule has 0 bridgehead atoms. The molecule has 18 heteroatoms. The fourth-order valence-electron chi connectivity index (χ4n) is 12.5. The van der Waals surface area contributed by atoms with Crippen LogP contribution in [-0.2, 0) is 55.8 Å². The number of aliphatic hydroxyl groups excluding tert-OH is 2. The van der Waals surface area contributed by atoms with Crippen LogP contribution < -0.4 is 0 Å². The van der Waals surface area contributed by atoms with Gasteiger partial charge in [-0.25, -0.2) is 9.13 Å². The molecule has 0 saturated heterocycles. The van der Waals surface area contributed by atoms with Crippen molar-refractivity contribution in [2.45, 2.75) is 411 Å². The molecule has 0 aliphatic heterocycles. The highest BCUT2D eigenvalue weighted by Gasteiger charge is 2.29. The van der Waals surface area contributed by atoms with Gasteiger partial charge in [-0.2, -0.15) is 0 Å². The summed E-state index contributed by atoms with van der Waals surface area (Å²) in [5.74, 6) is -1.59. The zero-order valence-electron chi connectivity index (χ0n) is 72.9. The first-order valence-electron chi connectivity index (χ1n) is 46.1. The first-order valence-corrected chi connectivity index (χ1v) is 49.1. The summed E-state index contributed by atoms with van der Waals surface area (Å²) in [4.78, 5) is 58.9. The summed E-state index contributed by atoms with van der Waals surface area (Å²) >= 11 is 0. The summed E-state index contributed by atoms with van der Waals surface area (Å²) in [5, 5.41) is 20.7. The predicted molar refractivity (Wildman–Crippen MR) is 482 cm³/mol. The van der Waals surface area contributed by atoms with Crippen molar-refractivity contribution in [2.75, 3.05) is 39.6 Å². The van der Waals surface area contributed by atoms with Crippen LogP contribution in [0.5, 0.6) is 0 Å². The van der Waals surface area contributed by atoms with Gasteiger partial charge >= 0.3 is 33.6 Å². The molecule has 0 aliphatic carbocycles. The smallest absolute Gasteiger partial charge is 0.463 e. The van der Waals surface area contributed by atoms with E-state index < -0.39 is 91.5 Å². The molecule has 5 unspecified atom stereocenters. The number of carbonyl (C=O) groups is 3. The minimum atomic E-state index is -4.95. The molecule has 0 aromatic heterocycles. The molecule has 0 rings (SSSR count). The Labute approximate surface area is 702 Å². The van der Waals surface area contributed by atoms with Crippen LogP contribution in [0.3, 0.4) is 0 Å². The SMILES string of the molecule is CC/C=C\C/C=C\C/C=C\C/C=C\CCCCCCCCC(=O)OC(COC(=O)CCCCCCCCCCC/C=C\C/C=C\C/C=C\C/C=C\CCCCC)COP(=O)(O)OCC(O)COP(=O)(O)OCC(O)COC(=O)CCCCCCCCCCCCCCCCCCCCC/C=C\C/C=C\C/C=C\C/C=C\CCCCC. The van der Waals surface area contributed by atoms with Gasteiger partial charge in [0.2, 0.25) is 0 Å². The monoisotopic (exact) mass is 1650 g/mol. The summed E-state index contributed by atoms with van der Waals surface area (Å²) in [6, 6.07) is 0. The lowest BCUT2D eigenvalue weighted by atomic mass is 10.0. The van der Waals surface area contributed by atoms with E-state index in [1.54, 1.807) is 0 Å². The maximum absolute atomic E-state index is 13.0. The van der Waals surface area contributed by atoms with Crippen molar-refractivity contribution in [2.24, 2.45) is 0 Å². The fraction of sp³-hybridized carbons (Fsp3) is 0.722. The number of esters is 3. The highest BCUT2D eigenvalue weighted by atomic mass is 31.2. The van der Waals surface area contributed by atoms with Crippen LogP contribution in [0.4, 0.5) is 0 Å². The molecular weight excluding hydrogens is 1480 g/mol. The van der Waals surface area contributed by atoms with E-state index in [4.69, 9.17) is 32.3 Å². The molecule has 0 heterocycles. The average Bonchev–Trinajstić information content (AvgIpc) is 0.900. The molecule has 5 atom stereocenters. The molecule has 0 spiro atoms. The maximum atomic E-state index is 13.0.